The minimum Gasteiger partial charge on any atom is -0.300 e. The van der Waals surface area contributed by atoms with Gasteiger partial charge in [0.05, 0.1) is 5.75 Å². The zero-order valence-corrected chi connectivity index (χ0v) is 13.2. The predicted octanol–water partition coefficient (Wildman–Crippen LogP) is 0.885. The minimum atomic E-state index is -3.41. The molecule has 0 amide bonds. The summed E-state index contributed by atoms with van der Waals surface area (Å²) < 4.78 is 35.6. The maximum Gasteiger partial charge on any atom is 0.210 e. The quantitative estimate of drug-likeness (QED) is 0.867. The second kappa shape index (κ2) is 7.02. The highest BCUT2D eigenvalue weighted by Gasteiger charge is 2.19. The fraction of sp³-hybridized carbons (Fsp3) is 0.538. The highest BCUT2D eigenvalue weighted by atomic mass is 35.5. The fourth-order valence-corrected chi connectivity index (χ4v) is 2.99. The molecule has 0 bridgehead atoms. The van der Waals surface area contributed by atoms with Crippen LogP contribution in [0.1, 0.15) is 5.56 Å². The Labute approximate surface area is 129 Å². The van der Waals surface area contributed by atoms with E-state index in [9.17, 15) is 12.8 Å². The molecule has 1 heterocycles. The molecule has 0 aliphatic carbocycles. The lowest BCUT2D eigenvalue weighted by Gasteiger charge is -2.34. The van der Waals surface area contributed by atoms with Crippen LogP contribution in [0.4, 0.5) is 4.39 Å². The van der Waals surface area contributed by atoms with E-state index in [-0.39, 0.29) is 11.6 Å². The maximum absolute atomic E-state index is 13.7. The van der Waals surface area contributed by atoms with E-state index in [2.05, 4.69) is 9.80 Å². The zero-order valence-electron chi connectivity index (χ0n) is 11.6. The van der Waals surface area contributed by atoms with Gasteiger partial charge in [-0.15, -0.1) is 0 Å². The molecule has 0 aromatic heterocycles. The van der Waals surface area contributed by atoms with E-state index in [4.69, 9.17) is 16.7 Å². The number of nitrogens with zero attached hydrogens (tertiary/aromatic N) is 2. The van der Waals surface area contributed by atoms with Crippen molar-refractivity contribution in [3.8, 4) is 0 Å². The average molecular weight is 336 g/mol. The number of hydrogen-bond donors (Lipinski definition) is 1. The number of benzene rings is 1. The van der Waals surface area contributed by atoms with Crippen LogP contribution in [0.3, 0.4) is 0 Å². The summed E-state index contributed by atoms with van der Waals surface area (Å²) in [6, 6.07) is 4.70. The molecule has 1 aromatic rings. The largest absolute Gasteiger partial charge is 0.300 e. The lowest BCUT2D eigenvalue weighted by molar-refractivity contribution is 0.131. The fourth-order valence-electron chi connectivity index (χ4n) is 2.32. The van der Waals surface area contributed by atoms with E-state index in [1.165, 1.54) is 6.07 Å². The highest BCUT2D eigenvalue weighted by Crippen LogP contribution is 2.17. The molecule has 2 N–H and O–H groups in total. The van der Waals surface area contributed by atoms with E-state index < -0.39 is 10.0 Å². The third-order valence-corrected chi connectivity index (χ3v) is 4.55. The molecule has 21 heavy (non-hydrogen) atoms. The van der Waals surface area contributed by atoms with Crippen molar-refractivity contribution < 1.29 is 12.8 Å². The Morgan fingerprint density at radius 3 is 2.38 bits per heavy atom. The Balaban J connectivity index is 1.81. The summed E-state index contributed by atoms with van der Waals surface area (Å²) >= 11 is 5.73. The van der Waals surface area contributed by atoms with E-state index in [0.717, 1.165) is 26.2 Å². The van der Waals surface area contributed by atoms with Crippen LogP contribution < -0.4 is 5.14 Å². The molecular formula is C13H19ClFN3O2S. The first-order valence-corrected chi connectivity index (χ1v) is 8.82. The summed E-state index contributed by atoms with van der Waals surface area (Å²) in [5, 5.41) is 5.39. The van der Waals surface area contributed by atoms with Gasteiger partial charge in [0.2, 0.25) is 10.0 Å². The van der Waals surface area contributed by atoms with Gasteiger partial charge < -0.3 is 0 Å². The second-order valence-electron chi connectivity index (χ2n) is 5.22. The van der Waals surface area contributed by atoms with Crippen molar-refractivity contribution in [1.29, 1.82) is 0 Å². The molecule has 0 unspecified atom stereocenters. The van der Waals surface area contributed by atoms with Gasteiger partial charge in [0, 0.05) is 49.9 Å². The number of primary sulfonamides is 1. The summed E-state index contributed by atoms with van der Waals surface area (Å²) in [5.74, 6) is -0.321. The Bertz CT molecular complexity index is 589. The zero-order chi connectivity index (χ0) is 15.5. The normalized spacial score (nSPS) is 18.0. The molecule has 1 aromatic carbocycles. The van der Waals surface area contributed by atoms with Crippen LogP contribution in [-0.4, -0.2) is 56.7 Å². The number of hydrogen-bond acceptors (Lipinski definition) is 4. The van der Waals surface area contributed by atoms with Crippen molar-refractivity contribution in [2.24, 2.45) is 5.14 Å². The van der Waals surface area contributed by atoms with Gasteiger partial charge in [-0.2, -0.15) is 0 Å². The summed E-state index contributed by atoms with van der Waals surface area (Å²) in [6.45, 7) is 4.03. The average Bonchev–Trinajstić information content (AvgIpc) is 2.40. The van der Waals surface area contributed by atoms with Gasteiger partial charge in [0.1, 0.15) is 5.82 Å². The molecule has 0 radical (unpaired) electrons. The second-order valence-corrected chi connectivity index (χ2v) is 7.39. The summed E-state index contributed by atoms with van der Waals surface area (Å²) in [5.41, 5.74) is 0.623. The Morgan fingerprint density at radius 2 is 1.81 bits per heavy atom. The molecule has 2 rings (SSSR count). The Hall–Kier alpha value is -0.730. The molecule has 5 nitrogen and oxygen atoms in total. The Kier molecular flexibility index (Phi) is 5.56. The molecule has 1 saturated heterocycles. The summed E-state index contributed by atoms with van der Waals surface area (Å²) in [6.07, 6.45) is 0. The number of nitrogens with two attached hydrogens (primary N) is 1. The van der Waals surface area contributed by atoms with Gasteiger partial charge in [-0.3, -0.25) is 9.80 Å². The third kappa shape index (κ3) is 5.52. The van der Waals surface area contributed by atoms with Crippen molar-refractivity contribution in [3.05, 3.63) is 34.6 Å². The van der Waals surface area contributed by atoms with E-state index in [1.807, 2.05) is 0 Å². The predicted molar refractivity (Wildman–Crippen MR) is 81.1 cm³/mol. The molecule has 0 atom stereocenters. The van der Waals surface area contributed by atoms with Crippen LogP contribution in [0.2, 0.25) is 5.02 Å². The first-order chi connectivity index (χ1) is 9.83. The van der Waals surface area contributed by atoms with Gasteiger partial charge in [0.15, 0.2) is 0 Å². The van der Waals surface area contributed by atoms with Crippen molar-refractivity contribution in [2.45, 2.75) is 6.54 Å². The number of piperazine rings is 1. The molecule has 118 valence electrons. The van der Waals surface area contributed by atoms with Crippen LogP contribution >= 0.6 is 11.6 Å². The van der Waals surface area contributed by atoms with E-state index in [0.29, 0.717) is 23.7 Å². The van der Waals surface area contributed by atoms with Crippen molar-refractivity contribution in [1.82, 2.24) is 9.80 Å². The first kappa shape index (κ1) is 16.6. The van der Waals surface area contributed by atoms with Gasteiger partial charge in [-0.1, -0.05) is 17.7 Å². The first-order valence-electron chi connectivity index (χ1n) is 6.72. The minimum absolute atomic E-state index is 0.0290. The topological polar surface area (TPSA) is 66.6 Å². The van der Waals surface area contributed by atoms with Crippen molar-refractivity contribution in [2.75, 3.05) is 38.5 Å². The maximum atomic E-state index is 13.7. The molecule has 0 spiro atoms. The van der Waals surface area contributed by atoms with Gasteiger partial charge in [0.25, 0.3) is 0 Å². The smallest absolute Gasteiger partial charge is 0.210 e. The van der Waals surface area contributed by atoms with E-state index in [1.54, 1.807) is 12.1 Å². The van der Waals surface area contributed by atoms with E-state index >= 15 is 0 Å². The molecular weight excluding hydrogens is 317 g/mol. The lowest BCUT2D eigenvalue weighted by atomic mass is 10.2. The van der Waals surface area contributed by atoms with Crippen molar-refractivity contribution in [3.63, 3.8) is 0 Å². The monoisotopic (exact) mass is 335 g/mol. The van der Waals surface area contributed by atoms with Crippen LogP contribution in [-0.2, 0) is 16.6 Å². The molecule has 0 saturated carbocycles. The standard InChI is InChI=1S/C13H19ClFN3O2S/c14-12-2-1-11(13(15)9-12)10-18-5-3-17(4-6-18)7-8-21(16,19)20/h1-2,9H,3-8,10H2,(H2,16,19,20). The van der Waals surface area contributed by atoms with Crippen LogP contribution in [0, 0.1) is 5.82 Å². The number of halogens is 2. The van der Waals surface area contributed by atoms with Crippen LogP contribution in [0.25, 0.3) is 0 Å². The van der Waals surface area contributed by atoms with Gasteiger partial charge in [-0.25, -0.2) is 17.9 Å². The van der Waals surface area contributed by atoms with Gasteiger partial charge >= 0.3 is 0 Å². The molecule has 8 heteroatoms. The van der Waals surface area contributed by atoms with Crippen LogP contribution in [0.5, 0.6) is 0 Å². The van der Waals surface area contributed by atoms with Gasteiger partial charge in [-0.05, 0) is 12.1 Å². The highest BCUT2D eigenvalue weighted by molar-refractivity contribution is 7.89. The lowest BCUT2D eigenvalue weighted by Crippen LogP contribution is -2.47. The number of sulfonamides is 1. The molecule has 1 fully saturated rings. The molecule has 1 aliphatic rings. The summed E-state index contributed by atoms with van der Waals surface area (Å²) in [7, 11) is -3.41. The number of rotatable bonds is 5. The van der Waals surface area contributed by atoms with Crippen molar-refractivity contribution >= 4 is 21.6 Å². The summed E-state index contributed by atoms with van der Waals surface area (Å²) in [4.78, 5) is 4.19. The SMILES string of the molecule is NS(=O)(=O)CCN1CCN(Cc2ccc(Cl)cc2F)CC1. The third-order valence-electron chi connectivity index (χ3n) is 3.57. The Morgan fingerprint density at radius 1 is 1.19 bits per heavy atom. The van der Waals surface area contributed by atoms with Crippen LogP contribution in [0.15, 0.2) is 18.2 Å². The molecule has 1 aliphatic heterocycles.